The van der Waals surface area contributed by atoms with Gasteiger partial charge in [-0.3, -0.25) is 0 Å². The Morgan fingerprint density at radius 2 is 2.50 bits per heavy atom. The van der Waals surface area contributed by atoms with E-state index in [4.69, 9.17) is 10.5 Å². The SMILES string of the molecule is [CH2]CC(NC(N)=O)OCC. The second kappa shape index (κ2) is 5.05. The van der Waals surface area contributed by atoms with Crippen LogP contribution < -0.4 is 11.1 Å². The highest BCUT2D eigenvalue weighted by atomic mass is 16.5. The van der Waals surface area contributed by atoms with E-state index in [9.17, 15) is 4.79 Å². The molecule has 0 aromatic rings. The molecule has 0 saturated carbocycles. The van der Waals surface area contributed by atoms with Crippen LogP contribution in [-0.2, 0) is 4.74 Å². The minimum atomic E-state index is -0.581. The molecule has 0 spiro atoms. The van der Waals surface area contributed by atoms with Gasteiger partial charge in [0.2, 0.25) is 0 Å². The largest absolute Gasteiger partial charge is 0.359 e. The Balaban J connectivity index is 3.49. The van der Waals surface area contributed by atoms with Crippen LogP contribution in [0.2, 0.25) is 0 Å². The van der Waals surface area contributed by atoms with Crippen molar-refractivity contribution in [3.8, 4) is 0 Å². The molecule has 59 valence electrons. The summed E-state index contributed by atoms with van der Waals surface area (Å²) in [5.41, 5.74) is 4.84. The number of carbonyl (C=O) groups excluding carboxylic acids is 1. The maximum Gasteiger partial charge on any atom is 0.314 e. The Labute approximate surface area is 60.7 Å². The van der Waals surface area contributed by atoms with Crippen molar-refractivity contribution in [3.63, 3.8) is 0 Å². The molecule has 4 nitrogen and oxygen atoms in total. The third-order valence-electron chi connectivity index (χ3n) is 0.933. The molecule has 0 aromatic heterocycles. The van der Waals surface area contributed by atoms with Gasteiger partial charge in [-0.15, -0.1) is 0 Å². The van der Waals surface area contributed by atoms with Gasteiger partial charge in [-0.25, -0.2) is 4.79 Å². The van der Waals surface area contributed by atoms with Gasteiger partial charge < -0.3 is 15.8 Å². The average Bonchev–Trinajstić information content (AvgIpc) is 1.86. The zero-order chi connectivity index (χ0) is 7.98. The van der Waals surface area contributed by atoms with Crippen LogP contribution in [-0.4, -0.2) is 18.9 Å². The number of rotatable bonds is 4. The smallest absolute Gasteiger partial charge is 0.314 e. The summed E-state index contributed by atoms with van der Waals surface area (Å²) in [6.45, 7) is 5.94. The number of ether oxygens (including phenoxy) is 1. The van der Waals surface area contributed by atoms with Crippen molar-refractivity contribution in [3.05, 3.63) is 6.92 Å². The highest BCUT2D eigenvalue weighted by Crippen LogP contribution is 1.90. The zero-order valence-corrected chi connectivity index (χ0v) is 6.09. The van der Waals surface area contributed by atoms with Crippen molar-refractivity contribution in [1.29, 1.82) is 0 Å². The lowest BCUT2D eigenvalue weighted by atomic mass is 10.4. The first-order valence-corrected chi connectivity index (χ1v) is 3.17. The van der Waals surface area contributed by atoms with Gasteiger partial charge >= 0.3 is 6.03 Å². The lowest BCUT2D eigenvalue weighted by molar-refractivity contribution is 0.0486. The van der Waals surface area contributed by atoms with Crippen molar-refractivity contribution >= 4 is 6.03 Å². The van der Waals surface area contributed by atoms with Gasteiger partial charge in [-0.2, -0.15) is 0 Å². The number of hydrogen-bond donors (Lipinski definition) is 2. The summed E-state index contributed by atoms with van der Waals surface area (Å²) >= 11 is 0. The van der Waals surface area contributed by atoms with Gasteiger partial charge in [-0.1, -0.05) is 0 Å². The van der Waals surface area contributed by atoms with E-state index in [2.05, 4.69) is 12.2 Å². The van der Waals surface area contributed by atoms with Gasteiger partial charge in [0.1, 0.15) is 6.23 Å². The molecule has 0 fully saturated rings. The number of nitrogens with one attached hydrogen (secondary N) is 1. The Hall–Kier alpha value is -0.770. The molecular weight excluding hydrogens is 132 g/mol. The molecule has 0 heterocycles. The van der Waals surface area contributed by atoms with Gasteiger partial charge in [0.25, 0.3) is 0 Å². The number of urea groups is 1. The van der Waals surface area contributed by atoms with E-state index in [1.165, 1.54) is 0 Å². The topological polar surface area (TPSA) is 64.3 Å². The number of carbonyl (C=O) groups is 1. The Bertz CT molecular complexity index is 106. The molecule has 0 aliphatic carbocycles. The zero-order valence-electron chi connectivity index (χ0n) is 6.09. The van der Waals surface area contributed by atoms with Crippen LogP contribution in [0.15, 0.2) is 0 Å². The molecule has 1 unspecified atom stereocenters. The highest BCUT2D eigenvalue weighted by Gasteiger charge is 2.04. The van der Waals surface area contributed by atoms with E-state index in [1.807, 2.05) is 6.92 Å². The van der Waals surface area contributed by atoms with Gasteiger partial charge in [0.15, 0.2) is 0 Å². The fraction of sp³-hybridized carbons (Fsp3) is 0.667. The van der Waals surface area contributed by atoms with E-state index in [-0.39, 0.29) is 6.23 Å². The van der Waals surface area contributed by atoms with Gasteiger partial charge in [0.05, 0.1) is 0 Å². The lowest BCUT2D eigenvalue weighted by Crippen LogP contribution is -2.39. The van der Waals surface area contributed by atoms with Crippen molar-refractivity contribution in [2.75, 3.05) is 6.61 Å². The first-order valence-electron chi connectivity index (χ1n) is 3.17. The van der Waals surface area contributed by atoms with Crippen molar-refractivity contribution in [1.82, 2.24) is 5.32 Å². The lowest BCUT2D eigenvalue weighted by Gasteiger charge is -2.14. The Morgan fingerprint density at radius 3 is 2.80 bits per heavy atom. The van der Waals surface area contributed by atoms with E-state index >= 15 is 0 Å². The van der Waals surface area contributed by atoms with Gasteiger partial charge in [0, 0.05) is 6.61 Å². The maximum atomic E-state index is 10.2. The first-order chi connectivity index (χ1) is 4.70. The number of hydrogen-bond acceptors (Lipinski definition) is 2. The summed E-state index contributed by atoms with van der Waals surface area (Å²) < 4.78 is 5.03. The fourth-order valence-electron chi connectivity index (χ4n) is 0.557. The van der Waals surface area contributed by atoms with Crippen LogP contribution in [0.5, 0.6) is 0 Å². The molecule has 0 aliphatic heterocycles. The summed E-state index contributed by atoms with van der Waals surface area (Å²) in [5.74, 6) is 0. The molecule has 1 radical (unpaired) electrons. The van der Waals surface area contributed by atoms with Crippen LogP contribution in [0.1, 0.15) is 13.3 Å². The second-order valence-electron chi connectivity index (χ2n) is 1.74. The van der Waals surface area contributed by atoms with E-state index in [0.29, 0.717) is 13.0 Å². The normalized spacial score (nSPS) is 12.6. The van der Waals surface area contributed by atoms with E-state index in [1.54, 1.807) is 0 Å². The predicted molar refractivity (Wildman–Crippen MR) is 38.1 cm³/mol. The minimum absolute atomic E-state index is 0.345. The van der Waals surface area contributed by atoms with Crippen LogP contribution in [0, 0.1) is 6.92 Å². The summed E-state index contributed by atoms with van der Waals surface area (Å²) in [6.07, 6.45) is 0.138. The Morgan fingerprint density at radius 1 is 1.90 bits per heavy atom. The van der Waals surface area contributed by atoms with Crippen LogP contribution in [0.4, 0.5) is 4.79 Å². The van der Waals surface area contributed by atoms with E-state index < -0.39 is 6.03 Å². The minimum Gasteiger partial charge on any atom is -0.359 e. The third kappa shape index (κ3) is 4.14. The van der Waals surface area contributed by atoms with Crippen LogP contribution in [0.25, 0.3) is 0 Å². The summed E-state index contributed by atoms with van der Waals surface area (Å²) in [6, 6.07) is -0.581. The summed E-state index contributed by atoms with van der Waals surface area (Å²) in [5, 5.41) is 2.38. The van der Waals surface area contributed by atoms with Crippen molar-refractivity contribution in [2.24, 2.45) is 5.73 Å². The molecule has 1 atom stereocenters. The highest BCUT2D eigenvalue weighted by molar-refractivity contribution is 5.71. The monoisotopic (exact) mass is 145 g/mol. The Kier molecular flexibility index (Phi) is 4.66. The quantitative estimate of drug-likeness (QED) is 0.556. The first kappa shape index (κ1) is 9.23. The maximum absolute atomic E-state index is 10.2. The van der Waals surface area contributed by atoms with Gasteiger partial charge in [-0.05, 0) is 20.3 Å². The molecular formula is C6H13N2O2. The predicted octanol–water partition coefficient (Wildman–Crippen LogP) is 0.241. The van der Waals surface area contributed by atoms with Crippen molar-refractivity contribution in [2.45, 2.75) is 19.6 Å². The van der Waals surface area contributed by atoms with Crippen molar-refractivity contribution < 1.29 is 9.53 Å². The number of primary amides is 1. The fourth-order valence-corrected chi connectivity index (χ4v) is 0.557. The number of amides is 2. The average molecular weight is 145 g/mol. The van der Waals surface area contributed by atoms with Crippen LogP contribution >= 0.6 is 0 Å². The summed E-state index contributed by atoms with van der Waals surface area (Å²) in [4.78, 5) is 10.2. The standard InChI is InChI=1S/C6H13N2O2/c1-3-5(10-4-2)8-6(7)9/h5H,1,3-4H2,2H3,(H3,7,8,9). The number of nitrogens with two attached hydrogens (primary N) is 1. The van der Waals surface area contributed by atoms with E-state index in [0.717, 1.165) is 0 Å². The molecule has 0 saturated heterocycles. The molecule has 10 heavy (non-hydrogen) atoms. The molecule has 3 N–H and O–H groups in total. The molecule has 0 bridgehead atoms. The van der Waals surface area contributed by atoms with Crippen LogP contribution in [0.3, 0.4) is 0 Å². The molecule has 4 heteroatoms. The molecule has 0 rings (SSSR count). The molecule has 2 amide bonds. The second-order valence-corrected chi connectivity index (χ2v) is 1.74. The molecule has 0 aliphatic rings. The third-order valence-corrected chi connectivity index (χ3v) is 0.933. The molecule has 0 aromatic carbocycles. The summed E-state index contributed by atoms with van der Waals surface area (Å²) in [7, 11) is 0.